The minimum absolute atomic E-state index is 0.0295. The van der Waals surface area contributed by atoms with Crippen LogP contribution in [0, 0.1) is 6.92 Å². The summed E-state index contributed by atoms with van der Waals surface area (Å²) in [5, 5.41) is 4.80. The topological polar surface area (TPSA) is 44.1 Å². The van der Waals surface area contributed by atoms with Crippen molar-refractivity contribution >= 4 is 29.1 Å². The van der Waals surface area contributed by atoms with Crippen molar-refractivity contribution in [2.45, 2.75) is 24.3 Å². The van der Waals surface area contributed by atoms with E-state index in [-0.39, 0.29) is 12.2 Å². The number of hydrogen-bond acceptors (Lipinski definition) is 4. The number of ketones is 1. The number of thioether (sulfide) groups is 1. The van der Waals surface area contributed by atoms with Gasteiger partial charge in [-0.2, -0.15) is 5.10 Å². The van der Waals surface area contributed by atoms with E-state index in [1.165, 1.54) is 0 Å². The van der Waals surface area contributed by atoms with Crippen molar-refractivity contribution in [1.82, 2.24) is 9.78 Å². The summed E-state index contributed by atoms with van der Waals surface area (Å²) in [4.78, 5) is 13.5. The molecule has 0 fully saturated rings. The summed E-state index contributed by atoms with van der Waals surface area (Å²) in [5.41, 5.74) is 1.48. The molecule has 2 heterocycles. The number of para-hydroxylation sites is 1. The Balaban J connectivity index is 1.75. The van der Waals surface area contributed by atoms with E-state index in [0.717, 1.165) is 22.0 Å². The lowest BCUT2D eigenvalue weighted by atomic mass is 10.1. The largest absolute Gasteiger partial charge is 0.481 e. The van der Waals surface area contributed by atoms with Gasteiger partial charge in [-0.3, -0.25) is 9.48 Å². The first-order chi connectivity index (χ1) is 10.1. The van der Waals surface area contributed by atoms with Gasteiger partial charge in [0.25, 0.3) is 0 Å². The molecule has 0 bridgehead atoms. The lowest BCUT2D eigenvalue weighted by Crippen LogP contribution is -2.33. The first-order valence-electron chi connectivity index (χ1n) is 6.65. The molecule has 1 aliphatic rings. The maximum absolute atomic E-state index is 12.5. The average Bonchev–Trinajstić information content (AvgIpc) is 2.73. The highest BCUT2D eigenvalue weighted by Gasteiger charge is 2.28. The summed E-state index contributed by atoms with van der Waals surface area (Å²) < 4.78 is 7.48. The fraction of sp³-hybridized carbons (Fsp3) is 0.333. The molecule has 0 saturated carbocycles. The minimum Gasteiger partial charge on any atom is -0.481 e. The van der Waals surface area contributed by atoms with Gasteiger partial charge in [-0.15, -0.1) is 11.8 Å². The highest BCUT2D eigenvalue weighted by Crippen LogP contribution is 2.35. The van der Waals surface area contributed by atoms with Gasteiger partial charge in [-0.25, -0.2) is 0 Å². The number of Topliss-reactive ketones (excluding diaryl/α,β-unsaturated/α-hetero) is 1. The van der Waals surface area contributed by atoms with Crippen LogP contribution < -0.4 is 4.74 Å². The number of ether oxygens (including phenoxy) is 1. The molecule has 6 heteroatoms. The number of carbonyl (C=O) groups is 1. The number of carbonyl (C=O) groups excluding carboxylic acids is 1. The molecule has 2 aromatic rings. The molecular formula is C15H15ClN2O2S. The van der Waals surface area contributed by atoms with E-state index in [2.05, 4.69) is 5.10 Å². The molecule has 0 N–H and O–H groups in total. The lowest BCUT2D eigenvalue weighted by molar-refractivity contribution is -0.124. The van der Waals surface area contributed by atoms with Gasteiger partial charge in [-0.05, 0) is 19.1 Å². The smallest absolute Gasteiger partial charge is 0.180 e. The molecule has 21 heavy (non-hydrogen) atoms. The van der Waals surface area contributed by atoms with Gasteiger partial charge in [0.05, 0.1) is 22.8 Å². The third kappa shape index (κ3) is 2.80. The van der Waals surface area contributed by atoms with E-state index < -0.39 is 6.10 Å². The Morgan fingerprint density at radius 1 is 1.52 bits per heavy atom. The number of hydrogen-bond donors (Lipinski definition) is 0. The van der Waals surface area contributed by atoms with Crippen LogP contribution in [0.5, 0.6) is 5.75 Å². The second kappa shape index (κ2) is 5.73. The van der Waals surface area contributed by atoms with Crippen LogP contribution in [0.4, 0.5) is 0 Å². The predicted molar refractivity (Wildman–Crippen MR) is 83.2 cm³/mol. The number of aromatic nitrogens is 2. The number of aryl methyl sites for hydroxylation is 2. The highest BCUT2D eigenvalue weighted by atomic mass is 35.5. The summed E-state index contributed by atoms with van der Waals surface area (Å²) in [6.07, 6.45) is -0.194. The van der Waals surface area contributed by atoms with Crippen LogP contribution in [0.1, 0.15) is 11.4 Å². The van der Waals surface area contributed by atoms with Crippen LogP contribution in [-0.4, -0.2) is 27.4 Å². The molecule has 0 amide bonds. The van der Waals surface area contributed by atoms with Crippen LogP contribution in [0.3, 0.4) is 0 Å². The van der Waals surface area contributed by atoms with Gasteiger partial charge in [0, 0.05) is 17.7 Å². The van der Waals surface area contributed by atoms with E-state index in [0.29, 0.717) is 10.8 Å². The second-order valence-electron chi connectivity index (χ2n) is 4.98. The molecule has 3 rings (SSSR count). The molecule has 110 valence electrons. The third-order valence-corrected chi connectivity index (χ3v) is 5.08. The van der Waals surface area contributed by atoms with Crippen molar-refractivity contribution in [3.8, 4) is 5.75 Å². The van der Waals surface area contributed by atoms with E-state index in [1.54, 1.807) is 23.5 Å². The van der Waals surface area contributed by atoms with Crippen molar-refractivity contribution in [2.75, 3.05) is 5.75 Å². The maximum atomic E-state index is 12.5. The summed E-state index contributed by atoms with van der Waals surface area (Å²) in [6, 6.07) is 7.77. The van der Waals surface area contributed by atoms with Crippen LogP contribution in [0.25, 0.3) is 0 Å². The zero-order chi connectivity index (χ0) is 15.0. The standard InChI is InChI=1S/C15H15ClN2O2S/c1-9-15(16)10(18(2)17-9)7-11(19)13-8-21-14-6-4-3-5-12(14)20-13/h3-6,13H,7-8H2,1-2H3. The number of rotatable bonds is 3. The fourth-order valence-electron chi connectivity index (χ4n) is 2.33. The van der Waals surface area contributed by atoms with Crippen molar-refractivity contribution in [1.29, 1.82) is 0 Å². The zero-order valence-corrected chi connectivity index (χ0v) is 13.4. The molecule has 0 radical (unpaired) electrons. The quantitative estimate of drug-likeness (QED) is 0.871. The maximum Gasteiger partial charge on any atom is 0.180 e. The molecule has 1 aliphatic heterocycles. The van der Waals surface area contributed by atoms with Crippen LogP contribution >= 0.6 is 23.4 Å². The Kier molecular flexibility index (Phi) is 3.95. The number of halogens is 1. The lowest BCUT2D eigenvalue weighted by Gasteiger charge is -2.24. The van der Waals surface area contributed by atoms with Crippen molar-refractivity contribution < 1.29 is 9.53 Å². The van der Waals surface area contributed by atoms with E-state index in [1.807, 2.05) is 31.2 Å². The minimum atomic E-state index is -0.434. The van der Waals surface area contributed by atoms with E-state index in [9.17, 15) is 4.79 Å². The molecule has 0 saturated heterocycles. The van der Waals surface area contributed by atoms with Gasteiger partial charge in [-0.1, -0.05) is 23.7 Å². The highest BCUT2D eigenvalue weighted by molar-refractivity contribution is 7.99. The first kappa shape index (κ1) is 14.5. The molecule has 0 aliphatic carbocycles. The molecule has 4 nitrogen and oxygen atoms in total. The summed E-state index contributed by atoms with van der Waals surface area (Å²) in [5.74, 6) is 1.44. The third-order valence-electron chi connectivity index (χ3n) is 3.47. The Labute approximate surface area is 132 Å². The molecule has 0 spiro atoms. The number of nitrogens with zero attached hydrogens (tertiary/aromatic N) is 2. The van der Waals surface area contributed by atoms with Crippen molar-refractivity contribution in [3.63, 3.8) is 0 Å². The average molecular weight is 323 g/mol. The monoisotopic (exact) mass is 322 g/mol. The molecule has 1 aromatic heterocycles. The Morgan fingerprint density at radius 3 is 3.00 bits per heavy atom. The van der Waals surface area contributed by atoms with E-state index >= 15 is 0 Å². The summed E-state index contributed by atoms with van der Waals surface area (Å²) in [7, 11) is 1.80. The molecular weight excluding hydrogens is 308 g/mol. The Morgan fingerprint density at radius 2 is 2.29 bits per heavy atom. The fourth-order valence-corrected chi connectivity index (χ4v) is 3.57. The predicted octanol–water partition coefficient (Wildman–Crippen LogP) is 3.05. The van der Waals surface area contributed by atoms with Gasteiger partial charge >= 0.3 is 0 Å². The van der Waals surface area contributed by atoms with E-state index in [4.69, 9.17) is 16.3 Å². The molecule has 1 aromatic carbocycles. The zero-order valence-electron chi connectivity index (χ0n) is 11.8. The molecule has 1 atom stereocenters. The van der Waals surface area contributed by atoms with Crippen LogP contribution in [0.15, 0.2) is 29.2 Å². The van der Waals surface area contributed by atoms with Crippen LogP contribution in [0.2, 0.25) is 5.02 Å². The Hall–Kier alpha value is -1.46. The number of fused-ring (bicyclic) bond motifs is 1. The van der Waals surface area contributed by atoms with Gasteiger partial charge in [0.15, 0.2) is 11.9 Å². The van der Waals surface area contributed by atoms with Crippen molar-refractivity contribution in [3.05, 3.63) is 40.7 Å². The second-order valence-corrected chi connectivity index (χ2v) is 6.42. The summed E-state index contributed by atoms with van der Waals surface area (Å²) >= 11 is 7.84. The first-order valence-corrected chi connectivity index (χ1v) is 8.02. The Bertz CT molecular complexity index is 699. The van der Waals surface area contributed by atoms with Gasteiger partial charge in [0.2, 0.25) is 0 Å². The van der Waals surface area contributed by atoms with Gasteiger partial charge < -0.3 is 4.74 Å². The normalized spacial score (nSPS) is 17.2. The van der Waals surface area contributed by atoms with Crippen LogP contribution in [-0.2, 0) is 18.3 Å². The van der Waals surface area contributed by atoms with Gasteiger partial charge in [0.1, 0.15) is 5.75 Å². The SMILES string of the molecule is Cc1nn(C)c(CC(=O)C2CSc3ccccc3O2)c1Cl. The molecule has 1 unspecified atom stereocenters. The van der Waals surface area contributed by atoms with Crippen molar-refractivity contribution in [2.24, 2.45) is 7.05 Å². The number of benzene rings is 1. The summed E-state index contributed by atoms with van der Waals surface area (Å²) in [6.45, 7) is 1.83.